The Hall–Kier alpha value is -1.52. The van der Waals surface area contributed by atoms with Gasteiger partial charge in [0.1, 0.15) is 0 Å². The molecule has 0 amide bonds. The smallest absolute Gasteiger partial charge is 0.0323 e. The van der Waals surface area contributed by atoms with E-state index in [-0.39, 0.29) is 0 Å². The third kappa shape index (κ3) is 4.22. The molecule has 0 saturated carbocycles. The van der Waals surface area contributed by atoms with E-state index in [0.29, 0.717) is 5.25 Å². The molecule has 1 atom stereocenters. The van der Waals surface area contributed by atoms with E-state index in [9.17, 15) is 0 Å². The number of nitrogens with zero attached hydrogens (tertiary/aromatic N) is 1. The molecule has 0 saturated heterocycles. The first-order valence-electron chi connectivity index (χ1n) is 6.53. The topological polar surface area (TPSA) is 38.4 Å². The molecule has 0 bridgehead atoms. The van der Waals surface area contributed by atoms with Gasteiger partial charge in [0.15, 0.2) is 0 Å². The highest BCUT2D eigenvalue weighted by Crippen LogP contribution is 2.35. The van der Waals surface area contributed by atoms with E-state index in [1.807, 2.05) is 29.7 Å². The van der Waals surface area contributed by atoms with Gasteiger partial charge in [-0.1, -0.05) is 34.1 Å². The van der Waals surface area contributed by atoms with Gasteiger partial charge in [-0.2, -0.15) is 0 Å². The number of aliphatic imine (C=N–C) groups is 1. The van der Waals surface area contributed by atoms with Crippen molar-refractivity contribution in [3.8, 4) is 11.1 Å². The lowest BCUT2D eigenvalue weighted by Gasteiger charge is -2.13. The molecule has 2 rings (SSSR count). The summed E-state index contributed by atoms with van der Waals surface area (Å²) >= 11 is 5.34. The van der Waals surface area contributed by atoms with Crippen LogP contribution in [-0.2, 0) is 0 Å². The van der Waals surface area contributed by atoms with Gasteiger partial charge >= 0.3 is 0 Å². The highest BCUT2D eigenvalue weighted by Gasteiger charge is 2.09. The van der Waals surface area contributed by atoms with Gasteiger partial charge in [-0.05, 0) is 60.0 Å². The van der Waals surface area contributed by atoms with E-state index in [1.165, 1.54) is 11.1 Å². The normalized spacial score (nSPS) is 12.5. The monoisotopic (exact) mass is 360 g/mol. The van der Waals surface area contributed by atoms with Crippen LogP contribution in [0.1, 0.15) is 17.7 Å². The van der Waals surface area contributed by atoms with Crippen molar-refractivity contribution in [1.29, 1.82) is 0 Å². The second-order valence-corrected chi connectivity index (χ2v) is 6.71. The Morgan fingerprint density at radius 3 is 2.62 bits per heavy atom. The number of halogens is 1. The van der Waals surface area contributed by atoms with E-state index in [2.05, 4.69) is 52.8 Å². The van der Waals surface area contributed by atoms with E-state index < -0.39 is 0 Å². The quantitative estimate of drug-likeness (QED) is 0.551. The highest BCUT2D eigenvalue weighted by molar-refractivity contribution is 9.10. The Morgan fingerprint density at radius 1 is 1.24 bits per heavy atom. The summed E-state index contributed by atoms with van der Waals surface area (Å²) in [6.45, 7) is 5.61. The van der Waals surface area contributed by atoms with Crippen LogP contribution in [0.4, 0.5) is 5.69 Å². The van der Waals surface area contributed by atoms with Gasteiger partial charge in [0, 0.05) is 21.6 Å². The van der Waals surface area contributed by atoms with Crippen LogP contribution >= 0.6 is 27.7 Å². The summed E-state index contributed by atoms with van der Waals surface area (Å²) < 4.78 is 1.08. The average Bonchev–Trinajstić information content (AvgIpc) is 2.49. The molecule has 2 aromatic carbocycles. The molecule has 21 heavy (non-hydrogen) atoms. The Labute approximate surface area is 138 Å². The molecule has 0 aliphatic rings. The SMILES string of the molecule is C=N/C=C\SC(C)c1ccc(Br)c(-c2ccc(N)cc2)c1. The predicted molar refractivity (Wildman–Crippen MR) is 98.7 cm³/mol. The Morgan fingerprint density at radius 2 is 1.95 bits per heavy atom. The van der Waals surface area contributed by atoms with Crippen molar-refractivity contribution in [3.05, 3.63) is 64.1 Å². The number of nitrogen functional groups attached to an aromatic ring is 1. The number of benzene rings is 2. The second-order valence-electron chi connectivity index (χ2n) is 4.61. The minimum Gasteiger partial charge on any atom is -0.399 e. The Bertz CT molecular complexity index is 650. The number of hydrogen-bond acceptors (Lipinski definition) is 3. The minimum absolute atomic E-state index is 0.351. The molecular weight excluding hydrogens is 344 g/mol. The third-order valence-electron chi connectivity index (χ3n) is 3.13. The van der Waals surface area contributed by atoms with Crippen LogP contribution in [0.2, 0.25) is 0 Å². The van der Waals surface area contributed by atoms with Crippen molar-refractivity contribution in [2.24, 2.45) is 4.99 Å². The molecule has 2 N–H and O–H groups in total. The molecule has 2 nitrogen and oxygen atoms in total. The third-order valence-corrected chi connectivity index (χ3v) is 4.78. The fourth-order valence-electron chi connectivity index (χ4n) is 1.95. The number of anilines is 1. The van der Waals surface area contributed by atoms with E-state index in [0.717, 1.165) is 15.7 Å². The van der Waals surface area contributed by atoms with Gasteiger partial charge in [-0.15, -0.1) is 11.8 Å². The molecule has 0 heterocycles. The summed E-state index contributed by atoms with van der Waals surface area (Å²) in [5, 5.41) is 2.31. The van der Waals surface area contributed by atoms with Crippen molar-refractivity contribution < 1.29 is 0 Å². The maximum atomic E-state index is 5.75. The summed E-state index contributed by atoms with van der Waals surface area (Å²) in [6.07, 6.45) is 1.71. The van der Waals surface area contributed by atoms with E-state index in [4.69, 9.17) is 5.73 Å². The molecule has 0 aliphatic carbocycles. The molecule has 1 unspecified atom stereocenters. The lowest BCUT2D eigenvalue weighted by molar-refractivity contribution is 1.10. The molecule has 0 fully saturated rings. The molecule has 0 spiro atoms. The van der Waals surface area contributed by atoms with Gasteiger partial charge in [-0.25, -0.2) is 0 Å². The van der Waals surface area contributed by atoms with Crippen LogP contribution in [0.15, 0.2) is 63.5 Å². The first kappa shape index (κ1) is 15.9. The van der Waals surface area contributed by atoms with Crippen molar-refractivity contribution in [2.75, 3.05) is 5.73 Å². The minimum atomic E-state index is 0.351. The Balaban J connectivity index is 2.30. The zero-order chi connectivity index (χ0) is 15.2. The van der Waals surface area contributed by atoms with Crippen molar-refractivity contribution in [3.63, 3.8) is 0 Å². The van der Waals surface area contributed by atoms with E-state index >= 15 is 0 Å². The maximum Gasteiger partial charge on any atom is 0.0323 e. The summed E-state index contributed by atoms with van der Waals surface area (Å²) in [7, 11) is 0. The van der Waals surface area contributed by atoms with Crippen molar-refractivity contribution >= 4 is 40.1 Å². The fourth-order valence-corrected chi connectivity index (χ4v) is 3.13. The lowest BCUT2D eigenvalue weighted by atomic mass is 10.0. The van der Waals surface area contributed by atoms with Crippen LogP contribution in [-0.4, -0.2) is 6.72 Å². The molecule has 0 aliphatic heterocycles. The van der Waals surface area contributed by atoms with Gasteiger partial charge in [-0.3, -0.25) is 4.99 Å². The first-order valence-corrected chi connectivity index (χ1v) is 8.27. The fraction of sp³-hybridized carbons (Fsp3) is 0.118. The van der Waals surface area contributed by atoms with E-state index in [1.54, 1.807) is 18.0 Å². The van der Waals surface area contributed by atoms with Crippen LogP contribution < -0.4 is 5.73 Å². The maximum absolute atomic E-state index is 5.75. The largest absolute Gasteiger partial charge is 0.399 e. The van der Waals surface area contributed by atoms with Gasteiger partial charge in [0.25, 0.3) is 0 Å². The summed E-state index contributed by atoms with van der Waals surface area (Å²) in [5.41, 5.74) is 10.1. The van der Waals surface area contributed by atoms with Crippen molar-refractivity contribution in [1.82, 2.24) is 0 Å². The number of thioether (sulfide) groups is 1. The van der Waals surface area contributed by atoms with Crippen LogP contribution in [0.5, 0.6) is 0 Å². The zero-order valence-electron chi connectivity index (χ0n) is 11.8. The van der Waals surface area contributed by atoms with Crippen molar-refractivity contribution in [2.45, 2.75) is 12.2 Å². The zero-order valence-corrected chi connectivity index (χ0v) is 14.2. The molecular formula is C17H17BrN2S. The van der Waals surface area contributed by atoms with Crippen LogP contribution in [0.25, 0.3) is 11.1 Å². The summed E-state index contributed by atoms with van der Waals surface area (Å²) in [4.78, 5) is 3.72. The predicted octanol–water partition coefficient (Wildman–Crippen LogP) is 5.66. The standard InChI is InChI=1S/C17H17BrN2S/c1-12(21-10-9-20-2)14-5-8-17(18)16(11-14)13-3-6-15(19)7-4-13/h3-12H,2,19H2,1H3/b10-9-. The highest BCUT2D eigenvalue weighted by atomic mass is 79.9. The average molecular weight is 361 g/mol. The lowest BCUT2D eigenvalue weighted by Crippen LogP contribution is -1.90. The van der Waals surface area contributed by atoms with Crippen LogP contribution in [0, 0.1) is 0 Å². The Kier molecular flexibility index (Phi) is 5.65. The van der Waals surface area contributed by atoms with Gasteiger partial charge in [0.05, 0.1) is 0 Å². The molecule has 0 aromatic heterocycles. The molecule has 108 valence electrons. The molecule has 2 aromatic rings. The van der Waals surface area contributed by atoms with Crippen LogP contribution in [0.3, 0.4) is 0 Å². The number of nitrogens with two attached hydrogens (primary N) is 1. The number of rotatable bonds is 5. The number of hydrogen-bond donors (Lipinski definition) is 1. The first-order chi connectivity index (χ1) is 10.1. The summed E-state index contributed by atoms with van der Waals surface area (Å²) in [6, 6.07) is 14.4. The van der Waals surface area contributed by atoms with Gasteiger partial charge < -0.3 is 5.73 Å². The summed E-state index contributed by atoms with van der Waals surface area (Å²) in [5.74, 6) is 0. The molecule has 0 radical (unpaired) electrons. The van der Waals surface area contributed by atoms with Gasteiger partial charge in [0.2, 0.25) is 0 Å². The molecule has 4 heteroatoms. The second kappa shape index (κ2) is 7.48.